The standard InChI is InChI=1S/C42H60FN3O8/c1-42(2,3)54-41(50)45-34(24-43)28-10-12-29(13-11-28)39(48)46-21-20-33(27-14-17-32(51-4)18-15-27)37(46)38(47)44-31-16-19-35-30(22-31)23-36(53-35)40(49)52-25-26-8-6-5-7-9-26/h16,19,22-23,26-29,32-34,37H,5-15,17-18,20-21,24-25H2,1-4H3,(H,44,47)(H,45,50)/t27-,28-,29-,32-,33-,34+,37-/m0/s1. The average Bonchev–Trinajstić information content (AvgIpc) is 3.81. The van der Waals surface area contributed by atoms with Crippen LogP contribution in [0.25, 0.3) is 11.0 Å². The molecule has 2 N–H and O–H groups in total. The molecule has 4 aliphatic rings. The number of alkyl halides is 1. The molecule has 0 unspecified atom stereocenters. The number of fused-ring (bicyclic) bond motifs is 1. The number of nitrogens with one attached hydrogen (secondary N) is 2. The predicted octanol–water partition coefficient (Wildman–Crippen LogP) is 8.20. The van der Waals surface area contributed by atoms with E-state index in [0.717, 1.165) is 44.9 Å². The van der Waals surface area contributed by atoms with Gasteiger partial charge >= 0.3 is 12.1 Å². The minimum atomic E-state index is -0.708. The Morgan fingerprint density at radius 3 is 2.31 bits per heavy atom. The maximum absolute atomic E-state index is 14.3. The fourth-order valence-corrected chi connectivity index (χ4v) is 9.45. The highest BCUT2D eigenvalue weighted by atomic mass is 19.1. The van der Waals surface area contributed by atoms with E-state index in [4.69, 9.17) is 18.6 Å². The molecule has 0 radical (unpaired) electrons. The summed E-state index contributed by atoms with van der Waals surface area (Å²) in [7, 11) is 1.75. The molecule has 12 heteroatoms. The van der Waals surface area contributed by atoms with Crippen LogP contribution in [-0.4, -0.2) is 79.5 Å². The van der Waals surface area contributed by atoms with E-state index < -0.39 is 36.4 Å². The Kier molecular flexibility index (Phi) is 13.2. The van der Waals surface area contributed by atoms with Gasteiger partial charge in [0.1, 0.15) is 23.9 Å². The van der Waals surface area contributed by atoms with Gasteiger partial charge in [0.25, 0.3) is 0 Å². The number of rotatable bonds is 11. The smallest absolute Gasteiger partial charge is 0.407 e. The monoisotopic (exact) mass is 753 g/mol. The van der Waals surface area contributed by atoms with E-state index in [0.29, 0.717) is 67.3 Å². The molecule has 0 bridgehead atoms. The van der Waals surface area contributed by atoms with Crippen LogP contribution in [0.1, 0.15) is 121 Å². The van der Waals surface area contributed by atoms with Crippen molar-refractivity contribution in [1.29, 1.82) is 0 Å². The Balaban J connectivity index is 1.12. The molecule has 4 fully saturated rings. The van der Waals surface area contributed by atoms with Gasteiger partial charge in [-0.25, -0.2) is 14.0 Å². The number of amides is 3. The second kappa shape index (κ2) is 17.9. The van der Waals surface area contributed by atoms with Crippen LogP contribution in [0.4, 0.5) is 14.9 Å². The number of hydrogen-bond donors (Lipinski definition) is 2. The maximum Gasteiger partial charge on any atom is 0.407 e. The van der Waals surface area contributed by atoms with E-state index >= 15 is 0 Å². The molecule has 3 amide bonds. The van der Waals surface area contributed by atoms with Gasteiger partial charge in [-0.2, -0.15) is 0 Å². The number of nitrogens with zero attached hydrogens (tertiary/aromatic N) is 1. The zero-order chi connectivity index (χ0) is 38.4. The van der Waals surface area contributed by atoms with Crippen LogP contribution in [0, 0.1) is 29.6 Å². The summed E-state index contributed by atoms with van der Waals surface area (Å²) >= 11 is 0. The third kappa shape index (κ3) is 9.95. The van der Waals surface area contributed by atoms with Crippen molar-refractivity contribution in [3.8, 4) is 0 Å². The van der Waals surface area contributed by atoms with Crippen LogP contribution in [0.3, 0.4) is 0 Å². The van der Waals surface area contributed by atoms with E-state index in [-0.39, 0.29) is 41.4 Å². The summed E-state index contributed by atoms with van der Waals surface area (Å²) in [6, 6.07) is 5.64. The Labute approximate surface area is 318 Å². The zero-order valence-electron chi connectivity index (χ0n) is 32.5. The summed E-state index contributed by atoms with van der Waals surface area (Å²) in [4.78, 5) is 55.6. The van der Waals surface area contributed by atoms with Crippen LogP contribution in [0.15, 0.2) is 28.7 Å². The molecular weight excluding hydrogens is 693 g/mol. The number of carbonyl (C=O) groups is 4. The first-order chi connectivity index (χ1) is 25.9. The molecule has 1 aromatic carbocycles. The van der Waals surface area contributed by atoms with Gasteiger partial charge in [0.05, 0.1) is 18.8 Å². The fraction of sp³-hybridized carbons (Fsp3) is 0.714. The Morgan fingerprint density at radius 2 is 1.65 bits per heavy atom. The van der Waals surface area contributed by atoms with Crippen LogP contribution in [0.2, 0.25) is 0 Å². The summed E-state index contributed by atoms with van der Waals surface area (Å²) in [5.41, 5.74) is 0.398. The van der Waals surface area contributed by atoms with Gasteiger partial charge < -0.3 is 34.2 Å². The van der Waals surface area contributed by atoms with Crippen LogP contribution in [-0.2, 0) is 23.8 Å². The number of methoxy groups -OCH3 is 1. The molecule has 1 aliphatic heterocycles. The van der Waals surface area contributed by atoms with Gasteiger partial charge in [-0.3, -0.25) is 9.59 Å². The number of alkyl carbamates (subject to hydrolysis) is 1. The first-order valence-corrected chi connectivity index (χ1v) is 20.3. The van der Waals surface area contributed by atoms with E-state index in [2.05, 4.69) is 10.6 Å². The highest BCUT2D eigenvalue weighted by Crippen LogP contribution is 2.42. The predicted molar refractivity (Wildman–Crippen MR) is 203 cm³/mol. The third-order valence-corrected chi connectivity index (χ3v) is 12.4. The van der Waals surface area contributed by atoms with Crippen molar-refractivity contribution in [3.05, 3.63) is 30.0 Å². The highest BCUT2D eigenvalue weighted by Gasteiger charge is 2.47. The quantitative estimate of drug-likeness (QED) is 0.219. The molecule has 1 saturated heterocycles. The Bertz CT molecular complexity index is 1600. The van der Waals surface area contributed by atoms with Crippen molar-refractivity contribution < 1.29 is 42.2 Å². The van der Waals surface area contributed by atoms with E-state index in [1.807, 2.05) is 0 Å². The maximum atomic E-state index is 14.3. The number of carbonyl (C=O) groups excluding carboxylic acids is 4. The van der Waals surface area contributed by atoms with Gasteiger partial charge in [0, 0.05) is 30.6 Å². The first-order valence-electron chi connectivity index (χ1n) is 20.3. The number of anilines is 1. The summed E-state index contributed by atoms with van der Waals surface area (Å²) in [6.07, 6.45) is 12.1. The second-order valence-corrected chi connectivity index (χ2v) is 17.2. The number of ether oxygens (including phenoxy) is 3. The molecular formula is C42H60FN3O8. The van der Waals surface area contributed by atoms with Crippen molar-refractivity contribution >= 4 is 40.5 Å². The van der Waals surface area contributed by atoms with Crippen LogP contribution >= 0.6 is 0 Å². The van der Waals surface area contributed by atoms with E-state index in [1.165, 1.54) is 19.3 Å². The number of hydrogen-bond acceptors (Lipinski definition) is 8. The fourth-order valence-electron chi connectivity index (χ4n) is 9.45. The lowest BCUT2D eigenvalue weighted by Gasteiger charge is -2.38. The minimum absolute atomic E-state index is 0.0141. The second-order valence-electron chi connectivity index (χ2n) is 17.2. The van der Waals surface area contributed by atoms with Crippen molar-refractivity contribution in [3.63, 3.8) is 0 Å². The molecule has 0 spiro atoms. The summed E-state index contributed by atoms with van der Waals surface area (Å²) in [6.45, 7) is 5.49. The number of likely N-dealkylation sites (tertiary alicyclic amines) is 1. The van der Waals surface area contributed by atoms with Crippen LogP contribution < -0.4 is 10.6 Å². The molecule has 6 rings (SSSR count). The number of benzene rings is 1. The van der Waals surface area contributed by atoms with Crippen molar-refractivity contribution in [2.45, 2.75) is 134 Å². The van der Waals surface area contributed by atoms with Gasteiger partial charge in [-0.15, -0.1) is 0 Å². The Morgan fingerprint density at radius 1 is 0.926 bits per heavy atom. The van der Waals surface area contributed by atoms with E-state index in [9.17, 15) is 23.6 Å². The molecule has 1 aromatic heterocycles. The Hall–Kier alpha value is -3.67. The summed E-state index contributed by atoms with van der Waals surface area (Å²) in [5, 5.41) is 6.49. The van der Waals surface area contributed by atoms with Gasteiger partial charge in [0.2, 0.25) is 17.6 Å². The summed E-state index contributed by atoms with van der Waals surface area (Å²) < 4.78 is 36.5. The molecule has 2 aromatic rings. The lowest BCUT2D eigenvalue weighted by molar-refractivity contribution is -0.142. The normalized spacial score (nSPS) is 27.3. The average molecular weight is 754 g/mol. The summed E-state index contributed by atoms with van der Waals surface area (Å²) in [5.74, 6) is -0.276. The number of esters is 1. The molecule has 11 nitrogen and oxygen atoms in total. The molecule has 3 atom stereocenters. The van der Waals surface area contributed by atoms with Crippen molar-refractivity contribution in [2.24, 2.45) is 29.6 Å². The molecule has 2 heterocycles. The minimum Gasteiger partial charge on any atom is -0.460 e. The van der Waals surface area contributed by atoms with Gasteiger partial charge in [0.15, 0.2) is 0 Å². The number of furan rings is 1. The molecule has 54 heavy (non-hydrogen) atoms. The van der Waals surface area contributed by atoms with Crippen LogP contribution in [0.5, 0.6) is 0 Å². The SMILES string of the molecule is CO[C@H]1CC[C@H]([C@@H]2CCN(C(=O)[C@H]3CC[C@H]([C@@H](CF)NC(=O)OC(C)(C)C)CC3)[C@@H]2C(=O)Nc2ccc3oc(C(=O)OCC4CCCCC4)cc3c2)CC1. The topological polar surface area (TPSA) is 136 Å². The lowest BCUT2D eigenvalue weighted by Crippen LogP contribution is -2.50. The zero-order valence-corrected chi connectivity index (χ0v) is 32.5. The third-order valence-electron chi connectivity index (χ3n) is 12.4. The van der Waals surface area contributed by atoms with Crippen molar-refractivity contribution in [1.82, 2.24) is 10.2 Å². The largest absolute Gasteiger partial charge is 0.460 e. The van der Waals surface area contributed by atoms with Gasteiger partial charge in [-0.05, 0) is 139 Å². The lowest BCUT2D eigenvalue weighted by atomic mass is 9.75. The molecule has 3 saturated carbocycles. The number of halogens is 1. The van der Waals surface area contributed by atoms with E-state index in [1.54, 1.807) is 57.0 Å². The molecule has 298 valence electrons. The highest BCUT2D eigenvalue weighted by molar-refractivity contribution is 6.00. The van der Waals surface area contributed by atoms with Gasteiger partial charge in [-0.1, -0.05) is 19.3 Å². The molecule has 3 aliphatic carbocycles. The van der Waals surface area contributed by atoms with Crippen molar-refractivity contribution in [2.75, 3.05) is 32.3 Å². The first kappa shape index (κ1) is 40.0.